The molecule has 0 bridgehead atoms. The molecule has 0 saturated carbocycles. The lowest BCUT2D eigenvalue weighted by atomic mass is 10.2. The molecule has 1 atom stereocenters. The van der Waals surface area contributed by atoms with Crippen molar-refractivity contribution in [2.75, 3.05) is 17.6 Å². The van der Waals surface area contributed by atoms with Gasteiger partial charge in [0, 0.05) is 27.7 Å². The summed E-state index contributed by atoms with van der Waals surface area (Å²) in [5.41, 5.74) is 2.01. The summed E-state index contributed by atoms with van der Waals surface area (Å²) >= 11 is 3.61. The highest BCUT2D eigenvalue weighted by Gasteiger charge is 2.31. The Bertz CT molecular complexity index is 653. The van der Waals surface area contributed by atoms with Gasteiger partial charge in [-0.05, 0) is 43.7 Å². The minimum Gasteiger partial charge on any atom is -0.308 e. The first-order valence-electron chi connectivity index (χ1n) is 6.96. The Morgan fingerprint density at radius 3 is 2.86 bits per heavy atom. The maximum absolute atomic E-state index is 12.5. The van der Waals surface area contributed by atoms with E-state index in [-0.39, 0.29) is 11.4 Å². The number of urea groups is 1. The fourth-order valence-corrected chi connectivity index (χ4v) is 4.79. The smallest absolute Gasteiger partial charge is 0.308 e. The second kappa shape index (κ2) is 6.12. The van der Waals surface area contributed by atoms with Crippen molar-refractivity contribution >= 4 is 34.8 Å². The van der Waals surface area contributed by atoms with E-state index in [2.05, 4.69) is 24.4 Å². The molecule has 110 valence electrons. The molecule has 2 amide bonds. The molecule has 3 rings (SSSR count). The minimum absolute atomic E-state index is 0.0124. The predicted molar refractivity (Wildman–Crippen MR) is 91.2 cm³/mol. The topological polar surface area (TPSA) is 32.3 Å². The van der Waals surface area contributed by atoms with Gasteiger partial charge in [-0.25, -0.2) is 4.79 Å². The first-order valence-corrected chi connectivity index (χ1v) is 8.82. The van der Waals surface area contributed by atoms with Gasteiger partial charge < -0.3 is 10.2 Å². The number of nitrogens with zero attached hydrogens (tertiary/aromatic N) is 1. The first kappa shape index (κ1) is 14.5. The zero-order valence-corrected chi connectivity index (χ0v) is 13.8. The largest absolute Gasteiger partial charge is 0.323 e. The molecule has 1 aromatic heterocycles. The standard InChI is InChI=1S/C16H18N2OS2/c1-11-4-3-5-13(10-11)17-16(19)18-8-9-20-15(18)14-7-6-12(2)21-14/h3-7,10,15H,8-9H2,1-2H3,(H,17,19). The molecule has 1 fully saturated rings. The molecule has 1 saturated heterocycles. The Labute approximate surface area is 133 Å². The summed E-state index contributed by atoms with van der Waals surface area (Å²) < 4.78 is 0. The maximum atomic E-state index is 12.5. The quantitative estimate of drug-likeness (QED) is 0.874. The van der Waals surface area contributed by atoms with Gasteiger partial charge >= 0.3 is 6.03 Å². The number of hydrogen-bond acceptors (Lipinski definition) is 3. The molecule has 0 aliphatic carbocycles. The molecule has 1 aliphatic heterocycles. The van der Waals surface area contributed by atoms with E-state index in [1.165, 1.54) is 9.75 Å². The Hall–Kier alpha value is -1.46. The molecule has 21 heavy (non-hydrogen) atoms. The average Bonchev–Trinajstić information content (AvgIpc) is 3.06. The van der Waals surface area contributed by atoms with Crippen LogP contribution in [0.25, 0.3) is 0 Å². The first-order chi connectivity index (χ1) is 10.1. The van der Waals surface area contributed by atoms with Crippen LogP contribution in [-0.4, -0.2) is 23.2 Å². The van der Waals surface area contributed by atoms with Gasteiger partial charge in [0.15, 0.2) is 0 Å². The number of anilines is 1. The number of benzene rings is 1. The van der Waals surface area contributed by atoms with Crippen molar-refractivity contribution in [3.63, 3.8) is 0 Å². The fraction of sp³-hybridized carbons (Fsp3) is 0.312. The van der Waals surface area contributed by atoms with E-state index in [1.807, 2.05) is 47.9 Å². The Morgan fingerprint density at radius 1 is 1.29 bits per heavy atom. The number of amides is 2. The third-order valence-corrected chi connectivity index (χ3v) is 5.87. The van der Waals surface area contributed by atoms with E-state index < -0.39 is 0 Å². The molecule has 1 N–H and O–H groups in total. The number of aryl methyl sites for hydroxylation is 2. The summed E-state index contributed by atoms with van der Waals surface area (Å²) in [6.07, 6.45) is 0. The van der Waals surface area contributed by atoms with Crippen molar-refractivity contribution < 1.29 is 4.79 Å². The van der Waals surface area contributed by atoms with E-state index in [0.717, 1.165) is 23.5 Å². The van der Waals surface area contributed by atoms with Crippen LogP contribution in [0.4, 0.5) is 10.5 Å². The number of carbonyl (C=O) groups excluding carboxylic acids is 1. The lowest BCUT2D eigenvalue weighted by Gasteiger charge is -2.23. The van der Waals surface area contributed by atoms with Gasteiger partial charge in [0.05, 0.1) is 0 Å². The second-order valence-corrected chi connectivity index (χ2v) is 7.67. The van der Waals surface area contributed by atoms with E-state index >= 15 is 0 Å². The highest BCUT2D eigenvalue weighted by Crippen LogP contribution is 2.41. The van der Waals surface area contributed by atoms with E-state index in [0.29, 0.717) is 0 Å². The van der Waals surface area contributed by atoms with Crippen LogP contribution in [0.2, 0.25) is 0 Å². The van der Waals surface area contributed by atoms with Crippen LogP contribution < -0.4 is 5.32 Å². The third-order valence-electron chi connectivity index (χ3n) is 3.43. The molecule has 2 aromatic rings. The summed E-state index contributed by atoms with van der Waals surface area (Å²) in [5, 5.41) is 3.16. The lowest BCUT2D eigenvalue weighted by molar-refractivity contribution is 0.215. The van der Waals surface area contributed by atoms with Gasteiger partial charge in [-0.2, -0.15) is 0 Å². The van der Waals surface area contributed by atoms with Crippen molar-refractivity contribution in [1.29, 1.82) is 0 Å². The Morgan fingerprint density at radius 2 is 2.14 bits per heavy atom. The van der Waals surface area contributed by atoms with E-state index in [1.54, 1.807) is 11.3 Å². The summed E-state index contributed by atoms with van der Waals surface area (Å²) in [7, 11) is 0. The summed E-state index contributed by atoms with van der Waals surface area (Å²) in [6.45, 7) is 4.92. The summed E-state index contributed by atoms with van der Waals surface area (Å²) in [5.74, 6) is 0.989. The molecule has 2 heterocycles. The molecule has 3 nitrogen and oxygen atoms in total. The normalized spacial score (nSPS) is 18.0. The minimum atomic E-state index is -0.0124. The molecule has 1 aliphatic rings. The van der Waals surface area contributed by atoms with Crippen molar-refractivity contribution in [3.8, 4) is 0 Å². The van der Waals surface area contributed by atoms with Gasteiger partial charge in [-0.3, -0.25) is 0 Å². The highest BCUT2D eigenvalue weighted by molar-refractivity contribution is 7.99. The average molecular weight is 318 g/mol. The second-order valence-electron chi connectivity index (χ2n) is 5.16. The zero-order valence-electron chi connectivity index (χ0n) is 12.1. The van der Waals surface area contributed by atoms with E-state index in [9.17, 15) is 4.79 Å². The number of nitrogens with one attached hydrogen (secondary N) is 1. The van der Waals surface area contributed by atoms with Crippen LogP contribution in [0.15, 0.2) is 36.4 Å². The monoisotopic (exact) mass is 318 g/mol. The Balaban J connectivity index is 1.74. The van der Waals surface area contributed by atoms with E-state index in [4.69, 9.17) is 0 Å². The maximum Gasteiger partial charge on any atom is 0.323 e. The number of rotatable bonds is 2. The third kappa shape index (κ3) is 3.24. The van der Waals surface area contributed by atoms with Crippen molar-refractivity contribution in [1.82, 2.24) is 4.90 Å². The van der Waals surface area contributed by atoms with Gasteiger partial charge in [0.2, 0.25) is 0 Å². The van der Waals surface area contributed by atoms with Crippen LogP contribution in [-0.2, 0) is 0 Å². The molecule has 0 spiro atoms. The van der Waals surface area contributed by atoms with Crippen LogP contribution in [0.1, 0.15) is 20.7 Å². The summed E-state index contributed by atoms with van der Waals surface area (Å²) in [6, 6.07) is 12.2. The van der Waals surface area contributed by atoms with Crippen molar-refractivity contribution in [2.24, 2.45) is 0 Å². The number of thiophene rings is 1. The molecule has 1 unspecified atom stereocenters. The van der Waals surface area contributed by atoms with Crippen LogP contribution in [0.3, 0.4) is 0 Å². The van der Waals surface area contributed by atoms with Crippen LogP contribution >= 0.6 is 23.1 Å². The fourth-order valence-electron chi connectivity index (χ4n) is 2.42. The predicted octanol–water partition coefficient (Wildman–Crippen LogP) is 4.64. The summed E-state index contributed by atoms with van der Waals surface area (Å²) in [4.78, 5) is 17.0. The van der Waals surface area contributed by atoms with Crippen molar-refractivity contribution in [3.05, 3.63) is 51.7 Å². The van der Waals surface area contributed by atoms with Crippen molar-refractivity contribution in [2.45, 2.75) is 19.2 Å². The lowest BCUT2D eigenvalue weighted by Crippen LogP contribution is -2.34. The van der Waals surface area contributed by atoms with Gasteiger partial charge in [0.1, 0.15) is 5.37 Å². The molecular weight excluding hydrogens is 300 g/mol. The number of thioether (sulfide) groups is 1. The molecule has 1 aromatic carbocycles. The highest BCUT2D eigenvalue weighted by atomic mass is 32.2. The molecular formula is C16H18N2OS2. The van der Waals surface area contributed by atoms with Crippen LogP contribution in [0, 0.1) is 13.8 Å². The SMILES string of the molecule is Cc1cccc(NC(=O)N2CCSC2c2ccc(C)s2)c1. The van der Waals surface area contributed by atoms with Crippen LogP contribution in [0.5, 0.6) is 0 Å². The number of carbonyl (C=O) groups is 1. The zero-order chi connectivity index (χ0) is 14.8. The number of hydrogen-bond donors (Lipinski definition) is 1. The Kier molecular flexibility index (Phi) is 4.22. The van der Waals surface area contributed by atoms with Gasteiger partial charge in [0.25, 0.3) is 0 Å². The molecule has 5 heteroatoms. The molecule has 0 radical (unpaired) electrons. The van der Waals surface area contributed by atoms with Gasteiger partial charge in [-0.1, -0.05) is 12.1 Å². The van der Waals surface area contributed by atoms with Gasteiger partial charge in [-0.15, -0.1) is 23.1 Å².